The van der Waals surface area contributed by atoms with Gasteiger partial charge < -0.3 is 10.6 Å². The first-order valence-corrected chi connectivity index (χ1v) is 6.02. The van der Waals surface area contributed by atoms with Gasteiger partial charge in [-0.1, -0.05) is 6.92 Å². The van der Waals surface area contributed by atoms with Crippen molar-refractivity contribution in [2.24, 2.45) is 11.7 Å². The SMILES string of the molecule is Cc1ccc(N2CCC(N)C(C)C2)c(C)n1. The molecule has 0 saturated carbocycles. The molecule has 0 amide bonds. The van der Waals surface area contributed by atoms with Gasteiger partial charge in [0.1, 0.15) is 0 Å². The van der Waals surface area contributed by atoms with Crippen molar-refractivity contribution >= 4 is 5.69 Å². The number of aryl methyl sites for hydroxylation is 2. The first kappa shape index (κ1) is 11.4. The number of rotatable bonds is 1. The minimum Gasteiger partial charge on any atom is -0.370 e. The fourth-order valence-electron chi connectivity index (χ4n) is 2.40. The number of anilines is 1. The van der Waals surface area contributed by atoms with Crippen LogP contribution in [0, 0.1) is 19.8 Å². The third kappa shape index (κ3) is 2.19. The first-order chi connectivity index (χ1) is 7.58. The lowest BCUT2D eigenvalue weighted by atomic mass is 9.94. The van der Waals surface area contributed by atoms with Gasteiger partial charge in [0, 0.05) is 24.8 Å². The molecule has 0 bridgehead atoms. The van der Waals surface area contributed by atoms with E-state index in [4.69, 9.17) is 5.73 Å². The van der Waals surface area contributed by atoms with Crippen LogP contribution in [0.25, 0.3) is 0 Å². The molecular formula is C13H21N3. The lowest BCUT2D eigenvalue weighted by Crippen LogP contribution is -2.46. The predicted octanol–water partition coefficient (Wildman–Crippen LogP) is 1.87. The van der Waals surface area contributed by atoms with Crippen molar-refractivity contribution in [3.05, 3.63) is 23.5 Å². The van der Waals surface area contributed by atoms with E-state index in [0.29, 0.717) is 12.0 Å². The van der Waals surface area contributed by atoms with Crippen LogP contribution >= 0.6 is 0 Å². The van der Waals surface area contributed by atoms with Crippen LogP contribution in [0.1, 0.15) is 24.7 Å². The zero-order valence-corrected chi connectivity index (χ0v) is 10.4. The first-order valence-electron chi connectivity index (χ1n) is 6.02. The van der Waals surface area contributed by atoms with E-state index in [0.717, 1.165) is 30.9 Å². The molecule has 1 aromatic heterocycles. The second-order valence-corrected chi connectivity index (χ2v) is 4.93. The van der Waals surface area contributed by atoms with Crippen LogP contribution in [0.2, 0.25) is 0 Å². The molecule has 2 heterocycles. The number of pyridine rings is 1. The molecule has 1 fully saturated rings. The fourth-order valence-corrected chi connectivity index (χ4v) is 2.40. The number of piperidine rings is 1. The second-order valence-electron chi connectivity index (χ2n) is 4.93. The van der Waals surface area contributed by atoms with Crippen molar-refractivity contribution in [1.82, 2.24) is 4.98 Å². The monoisotopic (exact) mass is 219 g/mol. The zero-order chi connectivity index (χ0) is 11.7. The summed E-state index contributed by atoms with van der Waals surface area (Å²) in [4.78, 5) is 6.93. The highest BCUT2D eigenvalue weighted by molar-refractivity contribution is 5.51. The van der Waals surface area contributed by atoms with Gasteiger partial charge in [0.05, 0.1) is 11.4 Å². The third-order valence-electron chi connectivity index (χ3n) is 3.51. The summed E-state index contributed by atoms with van der Waals surface area (Å²) >= 11 is 0. The molecule has 2 atom stereocenters. The van der Waals surface area contributed by atoms with Gasteiger partial charge >= 0.3 is 0 Å². The van der Waals surface area contributed by atoms with E-state index in [1.165, 1.54) is 5.69 Å². The Morgan fingerprint density at radius 1 is 1.38 bits per heavy atom. The van der Waals surface area contributed by atoms with Crippen LogP contribution in [-0.4, -0.2) is 24.1 Å². The topological polar surface area (TPSA) is 42.1 Å². The summed E-state index contributed by atoms with van der Waals surface area (Å²) in [5, 5.41) is 0. The molecule has 16 heavy (non-hydrogen) atoms. The molecule has 1 aromatic rings. The molecule has 0 spiro atoms. The van der Waals surface area contributed by atoms with Crippen molar-refractivity contribution in [3.63, 3.8) is 0 Å². The number of hydrogen-bond donors (Lipinski definition) is 1. The highest BCUT2D eigenvalue weighted by atomic mass is 15.2. The molecule has 88 valence electrons. The summed E-state index contributed by atoms with van der Waals surface area (Å²) < 4.78 is 0. The Balaban J connectivity index is 2.18. The van der Waals surface area contributed by atoms with Crippen molar-refractivity contribution in [2.75, 3.05) is 18.0 Å². The van der Waals surface area contributed by atoms with E-state index < -0.39 is 0 Å². The summed E-state index contributed by atoms with van der Waals surface area (Å²) in [7, 11) is 0. The molecule has 1 aliphatic rings. The van der Waals surface area contributed by atoms with Crippen LogP contribution in [0.3, 0.4) is 0 Å². The van der Waals surface area contributed by atoms with Crippen molar-refractivity contribution in [2.45, 2.75) is 33.2 Å². The van der Waals surface area contributed by atoms with Gasteiger partial charge in [0.15, 0.2) is 0 Å². The van der Waals surface area contributed by atoms with E-state index in [1.807, 2.05) is 6.92 Å². The van der Waals surface area contributed by atoms with Crippen molar-refractivity contribution in [3.8, 4) is 0 Å². The normalized spacial score (nSPS) is 25.9. The molecular weight excluding hydrogens is 198 g/mol. The van der Waals surface area contributed by atoms with Gasteiger partial charge in [0.2, 0.25) is 0 Å². The van der Waals surface area contributed by atoms with Crippen LogP contribution in [0.4, 0.5) is 5.69 Å². The maximum Gasteiger partial charge on any atom is 0.0608 e. The Morgan fingerprint density at radius 3 is 2.75 bits per heavy atom. The van der Waals surface area contributed by atoms with Gasteiger partial charge in [-0.25, -0.2) is 0 Å². The average Bonchev–Trinajstić information content (AvgIpc) is 2.22. The van der Waals surface area contributed by atoms with E-state index in [-0.39, 0.29) is 0 Å². The van der Waals surface area contributed by atoms with E-state index in [9.17, 15) is 0 Å². The minimum atomic E-state index is 0.356. The molecule has 1 aliphatic heterocycles. The Kier molecular flexibility index (Phi) is 3.15. The smallest absolute Gasteiger partial charge is 0.0608 e. The number of nitrogens with zero attached hydrogens (tertiary/aromatic N) is 2. The Bertz CT molecular complexity index is 375. The molecule has 0 aliphatic carbocycles. The third-order valence-corrected chi connectivity index (χ3v) is 3.51. The molecule has 1 saturated heterocycles. The standard InChI is InChI=1S/C13H21N3/c1-9-8-16(7-6-12(9)14)13-5-4-10(2)15-11(13)3/h4-5,9,12H,6-8,14H2,1-3H3. The summed E-state index contributed by atoms with van der Waals surface area (Å²) in [6.07, 6.45) is 1.08. The van der Waals surface area contributed by atoms with Crippen LogP contribution < -0.4 is 10.6 Å². The maximum atomic E-state index is 6.04. The van der Waals surface area contributed by atoms with Gasteiger partial charge in [0.25, 0.3) is 0 Å². The minimum absolute atomic E-state index is 0.356. The molecule has 3 heteroatoms. The Hall–Kier alpha value is -1.09. The second kappa shape index (κ2) is 4.42. The van der Waals surface area contributed by atoms with Crippen LogP contribution in [-0.2, 0) is 0 Å². The largest absolute Gasteiger partial charge is 0.370 e. The Labute approximate surface area is 97.7 Å². The maximum absolute atomic E-state index is 6.04. The van der Waals surface area contributed by atoms with E-state index in [2.05, 4.69) is 35.9 Å². The summed E-state index contributed by atoms with van der Waals surface area (Å²) in [5.74, 6) is 0.564. The highest BCUT2D eigenvalue weighted by Gasteiger charge is 2.24. The quantitative estimate of drug-likeness (QED) is 0.784. The summed E-state index contributed by atoms with van der Waals surface area (Å²) in [5.41, 5.74) is 9.52. The summed E-state index contributed by atoms with van der Waals surface area (Å²) in [6, 6.07) is 4.62. The lowest BCUT2D eigenvalue weighted by Gasteiger charge is -2.37. The lowest BCUT2D eigenvalue weighted by molar-refractivity contribution is 0.382. The number of hydrogen-bond acceptors (Lipinski definition) is 3. The average molecular weight is 219 g/mol. The fraction of sp³-hybridized carbons (Fsp3) is 0.615. The van der Waals surface area contributed by atoms with Gasteiger partial charge in [-0.3, -0.25) is 4.98 Å². The van der Waals surface area contributed by atoms with Gasteiger partial charge in [-0.2, -0.15) is 0 Å². The predicted molar refractivity (Wildman–Crippen MR) is 67.7 cm³/mol. The number of nitrogens with two attached hydrogens (primary N) is 1. The summed E-state index contributed by atoms with van der Waals surface area (Å²) in [6.45, 7) is 8.45. The molecule has 2 N–H and O–H groups in total. The van der Waals surface area contributed by atoms with Crippen molar-refractivity contribution in [1.29, 1.82) is 0 Å². The molecule has 0 aromatic carbocycles. The van der Waals surface area contributed by atoms with E-state index >= 15 is 0 Å². The van der Waals surface area contributed by atoms with Crippen LogP contribution in [0.5, 0.6) is 0 Å². The van der Waals surface area contributed by atoms with Gasteiger partial charge in [-0.05, 0) is 38.3 Å². The molecule has 2 unspecified atom stereocenters. The van der Waals surface area contributed by atoms with Crippen molar-refractivity contribution < 1.29 is 0 Å². The number of aromatic nitrogens is 1. The Morgan fingerprint density at radius 2 is 2.12 bits per heavy atom. The van der Waals surface area contributed by atoms with E-state index in [1.54, 1.807) is 0 Å². The molecule has 2 rings (SSSR count). The van der Waals surface area contributed by atoms with Crippen LogP contribution in [0.15, 0.2) is 12.1 Å². The van der Waals surface area contributed by atoms with Gasteiger partial charge in [-0.15, -0.1) is 0 Å². The highest BCUT2D eigenvalue weighted by Crippen LogP contribution is 2.24. The molecule has 3 nitrogen and oxygen atoms in total. The zero-order valence-electron chi connectivity index (χ0n) is 10.4. The molecule has 0 radical (unpaired) electrons.